The number of nitrogens with zero attached hydrogens (tertiary/aromatic N) is 3. The summed E-state index contributed by atoms with van der Waals surface area (Å²) in [7, 11) is 1.72. The number of rotatable bonds is 5. The minimum atomic E-state index is -0.290. The van der Waals surface area contributed by atoms with Crippen LogP contribution in [-0.4, -0.2) is 47.9 Å². The van der Waals surface area contributed by atoms with Crippen molar-refractivity contribution in [1.82, 2.24) is 15.2 Å². The van der Waals surface area contributed by atoms with Gasteiger partial charge in [-0.3, -0.25) is 14.8 Å². The van der Waals surface area contributed by atoms with Crippen molar-refractivity contribution in [3.05, 3.63) is 64.7 Å². The van der Waals surface area contributed by atoms with Crippen LogP contribution in [0.4, 0.5) is 4.39 Å². The molecule has 0 saturated carbocycles. The number of hydrogen-bond acceptors (Lipinski definition) is 5. The van der Waals surface area contributed by atoms with Gasteiger partial charge < -0.3 is 15.0 Å². The first kappa shape index (κ1) is 18.6. The number of carbonyl (C=O) groups is 1. The molecule has 4 rings (SSSR count). The Labute approximate surface area is 163 Å². The molecule has 2 aliphatic rings. The SMILES string of the molecule is COC1CN(C2=NCc3cc(CC(=O)N[C@H](C)c4ccc(F)cc4)ncc32)C1. The molecule has 2 aromatic rings. The molecule has 0 radical (unpaired) electrons. The number of nitrogens with one attached hydrogen (secondary N) is 1. The Bertz CT molecular complexity index is 907. The number of methoxy groups -OCH3 is 1. The molecule has 1 atom stereocenters. The van der Waals surface area contributed by atoms with Gasteiger partial charge in [0.2, 0.25) is 5.91 Å². The molecule has 1 aromatic carbocycles. The van der Waals surface area contributed by atoms with E-state index in [1.54, 1.807) is 19.2 Å². The highest BCUT2D eigenvalue weighted by atomic mass is 19.1. The molecular weight excluding hydrogens is 359 g/mol. The lowest BCUT2D eigenvalue weighted by Crippen LogP contribution is -2.54. The molecule has 1 amide bonds. The second-order valence-electron chi connectivity index (χ2n) is 7.25. The maximum atomic E-state index is 13.0. The Morgan fingerprint density at radius 3 is 2.82 bits per heavy atom. The number of ether oxygens (including phenoxy) is 1. The maximum Gasteiger partial charge on any atom is 0.226 e. The standard InChI is InChI=1S/C21H23FN4O2/c1-13(14-3-5-16(22)6-4-14)25-20(27)8-17-7-15-9-24-21(19(15)10-23-17)26-11-18(12-26)28-2/h3-7,10,13,18H,8-9,11-12H2,1-2H3,(H,25,27)/t13-/m1/s1. The van der Waals surface area contributed by atoms with Crippen LogP contribution in [-0.2, 0) is 22.5 Å². The van der Waals surface area contributed by atoms with E-state index in [1.807, 2.05) is 19.2 Å². The van der Waals surface area contributed by atoms with E-state index in [4.69, 9.17) is 4.74 Å². The second kappa shape index (κ2) is 7.67. The van der Waals surface area contributed by atoms with E-state index in [2.05, 4.69) is 20.2 Å². The summed E-state index contributed by atoms with van der Waals surface area (Å²) in [6, 6.07) is 7.90. The lowest BCUT2D eigenvalue weighted by molar-refractivity contribution is -0.121. The first-order valence-electron chi connectivity index (χ1n) is 9.38. The van der Waals surface area contributed by atoms with Crippen molar-refractivity contribution in [2.24, 2.45) is 4.99 Å². The number of halogens is 1. The fourth-order valence-electron chi connectivity index (χ4n) is 3.54. The van der Waals surface area contributed by atoms with E-state index >= 15 is 0 Å². The normalized spacial score (nSPS) is 17.0. The largest absolute Gasteiger partial charge is 0.378 e. The molecule has 6 nitrogen and oxygen atoms in total. The molecule has 3 heterocycles. The van der Waals surface area contributed by atoms with Crippen molar-refractivity contribution in [2.75, 3.05) is 20.2 Å². The zero-order chi connectivity index (χ0) is 19.7. The first-order chi connectivity index (χ1) is 13.5. The summed E-state index contributed by atoms with van der Waals surface area (Å²) in [5, 5.41) is 2.94. The van der Waals surface area contributed by atoms with E-state index in [1.165, 1.54) is 12.1 Å². The summed E-state index contributed by atoms with van der Waals surface area (Å²) >= 11 is 0. The third-order valence-corrected chi connectivity index (χ3v) is 5.26. The summed E-state index contributed by atoms with van der Waals surface area (Å²) < 4.78 is 18.4. The highest BCUT2D eigenvalue weighted by Gasteiger charge is 2.32. The van der Waals surface area contributed by atoms with Crippen LogP contribution in [0.3, 0.4) is 0 Å². The van der Waals surface area contributed by atoms with Crippen LogP contribution < -0.4 is 5.32 Å². The number of hydrogen-bond donors (Lipinski definition) is 1. The summed E-state index contributed by atoms with van der Waals surface area (Å²) in [5.74, 6) is 0.563. The van der Waals surface area contributed by atoms with Gasteiger partial charge in [0.1, 0.15) is 11.7 Å². The van der Waals surface area contributed by atoms with E-state index < -0.39 is 0 Å². The van der Waals surface area contributed by atoms with E-state index in [0.29, 0.717) is 6.54 Å². The third-order valence-electron chi connectivity index (χ3n) is 5.26. The van der Waals surface area contributed by atoms with Crippen LogP contribution in [0.25, 0.3) is 0 Å². The van der Waals surface area contributed by atoms with E-state index in [9.17, 15) is 9.18 Å². The predicted molar refractivity (Wildman–Crippen MR) is 104 cm³/mol. The number of aromatic nitrogens is 1. The molecular formula is C21H23FN4O2. The quantitative estimate of drug-likeness (QED) is 0.861. The molecule has 1 saturated heterocycles. The molecule has 1 aromatic heterocycles. The molecule has 7 heteroatoms. The molecule has 0 bridgehead atoms. The topological polar surface area (TPSA) is 66.8 Å². The monoisotopic (exact) mass is 382 g/mol. The molecule has 0 aliphatic carbocycles. The lowest BCUT2D eigenvalue weighted by atomic mass is 10.1. The van der Waals surface area contributed by atoms with Crippen molar-refractivity contribution in [2.45, 2.75) is 32.0 Å². The number of aliphatic imine (C=N–C) groups is 1. The minimum absolute atomic E-state index is 0.117. The summed E-state index contributed by atoms with van der Waals surface area (Å²) in [6.07, 6.45) is 2.28. The molecule has 0 unspecified atom stereocenters. The van der Waals surface area contributed by atoms with E-state index in [-0.39, 0.29) is 30.3 Å². The number of amides is 1. The molecule has 146 valence electrons. The van der Waals surface area contributed by atoms with Crippen LogP contribution in [0.1, 0.15) is 35.3 Å². The first-order valence-corrected chi connectivity index (χ1v) is 9.38. The fourth-order valence-corrected chi connectivity index (χ4v) is 3.54. The summed E-state index contributed by atoms with van der Waals surface area (Å²) in [4.78, 5) is 23.7. The summed E-state index contributed by atoms with van der Waals surface area (Å²) in [5.41, 5.74) is 3.72. The number of amidine groups is 1. The maximum absolute atomic E-state index is 13.0. The van der Waals surface area contributed by atoms with Gasteiger partial charge in [-0.2, -0.15) is 0 Å². The highest BCUT2D eigenvalue weighted by molar-refractivity contribution is 6.02. The van der Waals surface area contributed by atoms with Crippen molar-refractivity contribution in [1.29, 1.82) is 0 Å². The van der Waals surface area contributed by atoms with Gasteiger partial charge in [0.05, 0.1) is 30.8 Å². The Morgan fingerprint density at radius 1 is 1.36 bits per heavy atom. The zero-order valence-electron chi connectivity index (χ0n) is 16.0. The zero-order valence-corrected chi connectivity index (χ0v) is 16.0. The van der Waals surface area contributed by atoms with Crippen molar-refractivity contribution in [3.8, 4) is 0 Å². The molecule has 0 spiro atoms. The highest BCUT2D eigenvalue weighted by Crippen LogP contribution is 2.25. The van der Waals surface area contributed by atoms with Gasteiger partial charge in [0.15, 0.2) is 0 Å². The number of benzene rings is 1. The van der Waals surface area contributed by atoms with Gasteiger partial charge in [-0.15, -0.1) is 0 Å². The average Bonchev–Trinajstić information content (AvgIpc) is 3.04. The van der Waals surface area contributed by atoms with Gasteiger partial charge in [-0.05, 0) is 36.2 Å². The number of likely N-dealkylation sites (tertiary alicyclic amines) is 1. The Balaban J connectivity index is 1.36. The summed E-state index contributed by atoms with van der Waals surface area (Å²) in [6.45, 7) is 4.18. The van der Waals surface area contributed by atoms with Crippen LogP contribution >= 0.6 is 0 Å². The van der Waals surface area contributed by atoms with Crippen LogP contribution in [0, 0.1) is 5.82 Å². The minimum Gasteiger partial charge on any atom is -0.378 e. The smallest absolute Gasteiger partial charge is 0.226 e. The molecule has 2 aliphatic heterocycles. The molecule has 1 N–H and O–H groups in total. The van der Waals surface area contributed by atoms with Crippen LogP contribution in [0.5, 0.6) is 0 Å². The van der Waals surface area contributed by atoms with E-state index in [0.717, 1.165) is 41.3 Å². The second-order valence-corrected chi connectivity index (χ2v) is 7.25. The number of pyridine rings is 1. The van der Waals surface area contributed by atoms with Crippen molar-refractivity contribution in [3.63, 3.8) is 0 Å². The Hall–Kier alpha value is -2.80. The third kappa shape index (κ3) is 3.75. The van der Waals surface area contributed by atoms with Crippen molar-refractivity contribution >= 4 is 11.7 Å². The van der Waals surface area contributed by atoms with Gasteiger partial charge >= 0.3 is 0 Å². The predicted octanol–water partition coefficient (Wildman–Crippen LogP) is 2.23. The Morgan fingerprint density at radius 2 is 2.11 bits per heavy atom. The number of fused-ring (bicyclic) bond motifs is 1. The lowest BCUT2D eigenvalue weighted by Gasteiger charge is -2.39. The molecule has 1 fully saturated rings. The molecule has 28 heavy (non-hydrogen) atoms. The van der Waals surface area contributed by atoms with Gasteiger partial charge in [0.25, 0.3) is 0 Å². The van der Waals surface area contributed by atoms with Gasteiger partial charge in [-0.1, -0.05) is 12.1 Å². The van der Waals surface area contributed by atoms with Crippen LogP contribution in [0.15, 0.2) is 41.5 Å². The van der Waals surface area contributed by atoms with Crippen molar-refractivity contribution < 1.29 is 13.9 Å². The van der Waals surface area contributed by atoms with Crippen LogP contribution in [0.2, 0.25) is 0 Å². The average molecular weight is 382 g/mol. The Kier molecular flexibility index (Phi) is 5.09. The van der Waals surface area contributed by atoms with Gasteiger partial charge in [0, 0.05) is 32.0 Å². The van der Waals surface area contributed by atoms with Gasteiger partial charge in [-0.25, -0.2) is 4.39 Å². The fraction of sp³-hybridized carbons (Fsp3) is 0.381. The number of carbonyl (C=O) groups excluding carboxylic acids is 1.